The molecule has 4 rings (SSSR count). The number of H-pyrrole nitrogens is 1. The van der Waals surface area contributed by atoms with Gasteiger partial charge in [-0.25, -0.2) is 9.49 Å². The first-order valence-electron chi connectivity index (χ1n) is 12.3. The summed E-state index contributed by atoms with van der Waals surface area (Å²) in [5.41, 5.74) is -5.82. The molecule has 3 aromatic heterocycles. The average Bonchev–Trinajstić information content (AvgIpc) is 2.91. The first kappa shape index (κ1) is 31.5. The number of halogens is 9. The van der Waals surface area contributed by atoms with Gasteiger partial charge in [-0.15, -0.1) is 0 Å². The average molecular weight is 621 g/mol. The number of rotatable bonds is 10. The molecule has 0 saturated carbocycles. The Kier molecular flexibility index (Phi) is 9.12. The first-order chi connectivity index (χ1) is 20.1. The van der Waals surface area contributed by atoms with E-state index in [2.05, 4.69) is 20.1 Å². The molecule has 1 aromatic carbocycles. The van der Waals surface area contributed by atoms with E-state index >= 15 is 0 Å². The van der Waals surface area contributed by atoms with Crippen molar-refractivity contribution in [2.45, 2.75) is 44.4 Å². The summed E-state index contributed by atoms with van der Waals surface area (Å²) in [7, 11) is 0. The smallest absolute Gasteiger partial charge is 0.378 e. The van der Waals surface area contributed by atoms with Crippen LogP contribution in [0.1, 0.15) is 24.0 Å². The molecule has 230 valence electrons. The molecule has 43 heavy (non-hydrogen) atoms. The van der Waals surface area contributed by atoms with Gasteiger partial charge in [-0.2, -0.15) is 40.2 Å². The standard InChI is InChI=1S/C26H20F9N5O3/c27-18-9-16-13(8-17(18)19-4-3-14(10-36-19)25(30,31)32)5-7-40(23(16)42)6-1-2-15(12-43-24(28)29)38-20-11-37-39-22(41)21(20)26(33,34)35/h3-5,7-11,15,24H,1-2,6,12H2,(H2,38,39,41)/t15-/m1/s1. The van der Waals surface area contributed by atoms with Crippen LogP contribution in [0.4, 0.5) is 45.2 Å². The number of aryl methyl sites for hydroxylation is 1. The Hall–Kier alpha value is -4.41. The fraction of sp³-hybridized carbons (Fsp3) is 0.308. The van der Waals surface area contributed by atoms with Crippen molar-refractivity contribution in [2.24, 2.45) is 0 Å². The highest BCUT2D eigenvalue weighted by Gasteiger charge is 2.38. The Balaban J connectivity index is 1.52. The van der Waals surface area contributed by atoms with Gasteiger partial charge in [-0.3, -0.25) is 14.6 Å². The van der Waals surface area contributed by atoms with Gasteiger partial charge in [0.25, 0.3) is 11.1 Å². The molecule has 17 heteroatoms. The van der Waals surface area contributed by atoms with Crippen molar-refractivity contribution in [3.63, 3.8) is 0 Å². The summed E-state index contributed by atoms with van der Waals surface area (Å²) in [5.74, 6) is -0.921. The van der Waals surface area contributed by atoms with Crippen molar-refractivity contribution in [1.82, 2.24) is 19.7 Å². The number of aromatic amines is 1. The number of hydrogen-bond donors (Lipinski definition) is 2. The molecule has 0 spiro atoms. The van der Waals surface area contributed by atoms with Crippen LogP contribution < -0.4 is 16.4 Å². The normalized spacial score (nSPS) is 13.1. The van der Waals surface area contributed by atoms with Crippen molar-refractivity contribution in [1.29, 1.82) is 0 Å². The molecule has 0 aliphatic rings. The molecule has 2 N–H and O–H groups in total. The number of nitrogens with zero attached hydrogens (tertiary/aromatic N) is 3. The highest BCUT2D eigenvalue weighted by molar-refractivity contribution is 5.86. The Labute approximate surface area is 235 Å². The maximum Gasteiger partial charge on any atom is 0.423 e. The highest BCUT2D eigenvalue weighted by atomic mass is 19.4. The summed E-state index contributed by atoms with van der Waals surface area (Å²) in [4.78, 5) is 28.4. The van der Waals surface area contributed by atoms with Crippen LogP contribution in [0.25, 0.3) is 22.0 Å². The van der Waals surface area contributed by atoms with E-state index in [1.807, 2.05) is 0 Å². The molecule has 0 bridgehead atoms. The molecule has 8 nitrogen and oxygen atoms in total. The van der Waals surface area contributed by atoms with Crippen molar-refractivity contribution in [2.75, 3.05) is 11.9 Å². The second-order valence-electron chi connectivity index (χ2n) is 9.23. The Morgan fingerprint density at radius 3 is 2.37 bits per heavy atom. The quantitative estimate of drug-likeness (QED) is 0.217. The molecule has 0 aliphatic heterocycles. The van der Waals surface area contributed by atoms with Crippen molar-refractivity contribution in [3.8, 4) is 11.3 Å². The van der Waals surface area contributed by atoms with Crippen molar-refractivity contribution >= 4 is 16.5 Å². The van der Waals surface area contributed by atoms with Crippen LogP contribution in [0.15, 0.2) is 58.5 Å². The number of nitrogens with one attached hydrogen (secondary N) is 2. The minimum absolute atomic E-state index is 0.0453. The van der Waals surface area contributed by atoms with E-state index in [0.29, 0.717) is 12.4 Å². The topological polar surface area (TPSA) is 102 Å². The first-order valence-corrected chi connectivity index (χ1v) is 12.3. The summed E-state index contributed by atoms with van der Waals surface area (Å²) < 4.78 is 124. The molecule has 3 heterocycles. The molecule has 0 saturated heterocycles. The highest BCUT2D eigenvalue weighted by Crippen LogP contribution is 2.33. The largest absolute Gasteiger partial charge is 0.423 e. The summed E-state index contributed by atoms with van der Waals surface area (Å²) in [6.07, 6.45) is -7.19. The number of alkyl halides is 8. The maximum atomic E-state index is 14.9. The number of anilines is 1. The van der Waals surface area contributed by atoms with Crippen LogP contribution in [0.5, 0.6) is 0 Å². The van der Waals surface area contributed by atoms with Gasteiger partial charge in [0, 0.05) is 30.5 Å². The number of aromatic nitrogens is 4. The third kappa shape index (κ3) is 7.52. The van der Waals surface area contributed by atoms with Gasteiger partial charge in [0.2, 0.25) is 0 Å². The van der Waals surface area contributed by atoms with E-state index in [-0.39, 0.29) is 41.4 Å². The Morgan fingerprint density at radius 2 is 1.74 bits per heavy atom. The van der Waals surface area contributed by atoms with Gasteiger partial charge in [0.05, 0.1) is 35.1 Å². The predicted octanol–water partition coefficient (Wildman–Crippen LogP) is 5.82. The van der Waals surface area contributed by atoms with Crippen LogP contribution in [0.3, 0.4) is 0 Å². The SMILES string of the molecule is O=c1[nH]ncc(N[C@H](CCCn2ccc3cc(-c4ccc(C(F)(F)F)cn4)c(F)cc3c2=O)COC(F)F)c1C(F)(F)F. The third-order valence-corrected chi connectivity index (χ3v) is 6.31. The zero-order valence-electron chi connectivity index (χ0n) is 21.6. The minimum Gasteiger partial charge on any atom is -0.378 e. The fourth-order valence-electron chi connectivity index (χ4n) is 4.30. The lowest BCUT2D eigenvalue weighted by Gasteiger charge is -2.22. The van der Waals surface area contributed by atoms with Gasteiger partial charge in [0.15, 0.2) is 0 Å². The Bertz CT molecular complexity index is 1700. The molecule has 0 unspecified atom stereocenters. The lowest BCUT2D eigenvalue weighted by Crippen LogP contribution is -2.32. The number of fused-ring (bicyclic) bond motifs is 1. The van der Waals surface area contributed by atoms with Crippen LogP contribution >= 0.6 is 0 Å². The predicted molar refractivity (Wildman–Crippen MR) is 135 cm³/mol. The van der Waals surface area contributed by atoms with Gasteiger partial charge in [-0.05, 0) is 48.6 Å². The second-order valence-corrected chi connectivity index (χ2v) is 9.23. The number of ether oxygens (including phenoxy) is 1. The van der Waals surface area contributed by atoms with Gasteiger partial charge < -0.3 is 14.6 Å². The van der Waals surface area contributed by atoms with E-state index < -0.39 is 65.4 Å². The number of hydrogen-bond acceptors (Lipinski definition) is 6. The lowest BCUT2D eigenvalue weighted by atomic mass is 10.0. The van der Waals surface area contributed by atoms with E-state index in [4.69, 9.17) is 0 Å². The number of benzene rings is 1. The Morgan fingerprint density at radius 1 is 1.00 bits per heavy atom. The lowest BCUT2D eigenvalue weighted by molar-refractivity contribution is -0.139. The minimum atomic E-state index is -5.08. The maximum absolute atomic E-state index is 14.9. The van der Waals surface area contributed by atoms with Gasteiger partial charge >= 0.3 is 19.0 Å². The zero-order valence-corrected chi connectivity index (χ0v) is 21.6. The van der Waals surface area contributed by atoms with Crippen LogP contribution in [0, 0.1) is 5.82 Å². The van der Waals surface area contributed by atoms with E-state index in [9.17, 15) is 49.1 Å². The zero-order chi connectivity index (χ0) is 31.5. The van der Waals surface area contributed by atoms with Crippen LogP contribution in [-0.4, -0.2) is 39.0 Å². The molecule has 4 aromatic rings. The number of pyridine rings is 2. The van der Waals surface area contributed by atoms with Crippen molar-refractivity contribution < 1.29 is 44.3 Å². The summed E-state index contributed by atoms with van der Waals surface area (Å²) in [6.45, 7) is -4.05. The monoisotopic (exact) mass is 621 g/mol. The third-order valence-electron chi connectivity index (χ3n) is 6.31. The molecule has 0 amide bonds. The summed E-state index contributed by atoms with van der Waals surface area (Å²) in [6, 6.07) is 4.18. The molecular weight excluding hydrogens is 601 g/mol. The van der Waals surface area contributed by atoms with Crippen LogP contribution in [0.2, 0.25) is 0 Å². The van der Waals surface area contributed by atoms with E-state index in [1.54, 1.807) is 5.10 Å². The second kappa shape index (κ2) is 12.4. The molecule has 0 aliphatic carbocycles. The summed E-state index contributed by atoms with van der Waals surface area (Å²) >= 11 is 0. The molecular formula is C26H20F9N5O3. The van der Waals surface area contributed by atoms with Crippen molar-refractivity contribution in [3.05, 3.63) is 86.6 Å². The fourth-order valence-corrected chi connectivity index (χ4v) is 4.30. The summed E-state index contributed by atoms with van der Waals surface area (Å²) in [5, 5.41) is 7.50. The molecule has 0 fully saturated rings. The van der Waals surface area contributed by atoms with E-state index in [1.165, 1.54) is 22.9 Å². The molecule has 0 radical (unpaired) electrons. The molecule has 1 atom stereocenters. The van der Waals surface area contributed by atoms with Crippen LogP contribution in [-0.2, 0) is 23.6 Å². The van der Waals surface area contributed by atoms with Gasteiger partial charge in [0.1, 0.15) is 11.4 Å². The van der Waals surface area contributed by atoms with Gasteiger partial charge in [-0.1, -0.05) is 0 Å². The van der Waals surface area contributed by atoms with E-state index in [0.717, 1.165) is 18.2 Å².